The van der Waals surface area contributed by atoms with Gasteiger partial charge >= 0.3 is 5.97 Å². The van der Waals surface area contributed by atoms with Gasteiger partial charge < -0.3 is 24.6 Å². The van der Waals surface area contributed by atoms with Crippen LogP contribution in [0.4, 0.5) is 5.82 Å². The molecule has 9 nitrogen and oxygen atoms in total. The third kappa shape index (κ3) is 5.57. The Morgan fingerprint density at radius 2 is 1.93 bits per heavy atom. The topological polar surface area (TPSA) is 120 Å². The van der Waals surface area contributed by atoms with Crippen molar-refractivity contribution in [3.63, 3.8) is 0 Å². The van der Waals surface area contributed by atoms with Crippen molar-refractivity contribution in [1.82, 2.24) is 10.5 Å². The van der Waals surface area contributed by atoms with Crippen molar-refractivity contribution in [1.29, 1.82) is 0 Å². The van der Waals surface area contributed by atoms with Crippen LogP contribution in [0.15, 0.2) is 34.9 Å². The maximum absolute atomic E-state index is 12.5. The van der Waals surface area contributed by atoms with E-state index in [1.54, 1.807) is 45.0 Å². The van der Waals surface area contributed by atoms with Crippen LogP contribution in [0.5, 0.6) is 5.75 Å². The van der Waals surface area contributed by atoms with Crippen LogP contribution in [-0.4, -0.2) is 42.7 Å². The van der Waals surface area contributed by atoms with Crippen LogP contribution in [0.3, 0.4) is 0 Å². The van der Waals surface area contributed by atoms with E-state index in [-0.39, 0.29) is 11.7 Å². The standard InChI is InChI=1S/C19H23N3O6/c1-11(2)17(21-18(24)13-7-5-6-8-14(13)26-4)19(25)27-10-16(23)20-15-9-12(3)28-22-15/h5-9,11,17H,10H2,1-4H3,(H,21,24)(H,20,22,23)/t17-/m0/s1. The molecule has 0 fully saturated rings. The molecule has 2 N–H and O–H groups in total. The lowest BCUT2D eigenvalue weighted by molar-refractivity contribution is -0.150. The number of rotatable bonds is 8. The minimum absolute atomic E-state index is 0.225. The molecule has 1 aromatic carbocycles. The van der Waals surface area contributed by atoms with Gasteiger partial charge in [-0.25, -0.2) is 4.79 Å². The summed E-state index contributed by atoms with van der Waals surface area (Å²) in [7, 11) is 1.45. The van der Waals surface area contributed by atoms with Crippen LogP contribution in [-0.2, 0) is 14.3 Å². The van der Waals surface area contributed by atoms with E-state index in [1.807, 2.05) is 0 Å². The normalized spacial score (nSPS) is 11.6. The van der Waals surface area contributed by atoms with E-state index in [2.05, 4.69) is 15.8 Å². The largest absolute Gasteiger partial charge is 0.496 e. The fourth-order valence-electron chi connectivity index (χ4n) is 2.38. The number of aromatic nitrogens is 1. The van der Waals surface area contributed by atoms with Crippen molar-refractivity contribution in [2.24, 2.45) is 5.92 Å². The van der Waals surface area contributed by atoms with Crippen LogP contribution in [0.1, 0.15) is 30.0 Å². The summed E-state index contributed by atoms with van der Waals surface area (Å²) in [4.78, 5) is 36.8. The van der Waals surface area contributed by atoms with Gasteiger partial charge in [0.1, 0.15) is 17.6 Å². The Morgan fingerprint density at radius 3 is 2.54 bits per heavy atom. The lowest BCUT2D eigenvalue weighted by atomic mass is 10.0. The summed E-state index contributed by atoms with van der Waals surface area (Å²) in [5.74, 6) is -0.874. The number of para-hydroxylation sites is 1. The summed E-state index contributed by atoms with van der Waals surface area (Å²) in [6.45, 7) is 4.68. The lowest BCUT2D eigenvalue weighted by Gasteiger charge is -2.21. The molecule has 1 aromatic heterocycles. The SMILES string of the molecule is COc1ccccc1C(=O)N[C@H](C(=O)OCC(=O)Nc1cc(C)on1)C(C)C. The van der Waals surface area contributed by atoms with Crippen molar-refractivity contribution in [3.8, 4) is 5.75 Å². The molecule has 0 aliphatic rings. The van der Waals surface area contributed by atoms with E-state index in [4.69, 9.17) is 14.0 Å². The summed E-state index contributed by atoms with van der Waals surface area (Å²) in [5, 5.41) is 8.69. The van der Waals surface area contributed by atoms with Crippen LogP contribution < -0.4 is 15.4 Å². The lowest BCUT2D eigenvalue weighted by Crippen LogP contribution is -2.46. The average molecular weight is 389 g/mol. The molecule has 9 heteroatoms. The van der Waals surface area contributed by atoms with Crippen molar-refractivity contribution >= 4 is 23.6 Å². The van der Waals surface area contributed by atoms with Crippen molar-refractivity contribution < 1.29 is 28.4 Å². The van der Waals surface area contributed by atoms with Crippen LogP contribution >= 0.6 is 0 Å². The quantitative estimate of drug-likeness (QED) is 0.662. The number of benzene rings is 1. The van der Waals surface area contributed by atoms with E-state index < -0.39 is 30.4 Å². The maximum Gasteiger partial charge on any atom is 0.329 e. The van der Waals surface area contributed by atoms with E-state index in [0.29, 0.717) is 17.1 Å². The fourth-order valence-corrected chi connectivity index (χ4v) is 2.38. The first kappa shape index (κ1) is 20.9. The maximum atomic E-state index is 12.5. The third-order valence-electron chi connectivity index (χ3n) is 3.80. The number of anilines is 1. The number of methoxy groups -OCH3 is 1. The Bertz CT molecular complexity index is 846. The molecule has 0 spiro atoms. The molecule has 2 aromatic rings. The Labute approximate surface area is 162 Å². The Balaban J connectivity index is 1.95. The van der Waals surface area contributed by atoms with E-state index in [0.717, 1.165) is 0 Å². The summed E-state index contributed by atoms with van der Waals surface area (Å²) < 4.78 is 15.0. The monoisotopic (exact) mass is 389 g/mol. The second-order valence-corrected chi connectivity index (χ2v) is 6.37. The highest BCUT2D eigenvalue weighted by atomic mass is 16.5. The van der Waals surface area contributed by atoms with E-state index >= 15 is 0 Å². The Morgan fingerprint density at radius 1 is 1.21 bits per heavy atom. The van der Waals surface area contributed by atoms with Crippen LogP contribution in [0, 0.1) is 12.8 Å². The molecular formula is C19H23N3O6. The summed E-state index contributed by atoms with van der Waals surface area (Å²) in [5.41, 5.74) is 0.294. The molecule has 0 aliphatic carbocycles. The predicted molar refractivity (Wildman–Crippen MR) is 99.9 cm³/mol. The molecule has 0 saturated heterocycles. The number of nitrogens with zero attached hydrogens (tertiary/aromatic N) is 1. The van der Waals surface area contributed by atoms with Crippen molar-refractivity contribution in [2.75, 3.05) is 19.0 Å². The number of aryl methyl sites for hydroxylation is 1. The molecule has 0 bridgehead atoms. The molecule has 0 unspecified atom stereocenters. The number of amides is 2. The molecular weight excluding hydrogens is 366 g/mol. The summed E-state index contributed by atoms with van der Waals surface area (Å²) >= 11 is 0. The van der Waals surface area contributed by atoms with Gasteiger partial charge in [-0.3, -0.25) is 9.59 Å². The summed E-state index contributed by atoms with van der Waals surface area (Å²) in [6, 6.07) is 7.26. The highest BCUT2D eigenvalue weighted by Gasteiger charge is 2.27. The predicted octanol–water partition coefficient (Wildman–Crippen LogP) is 1.93. The van der Waals surface area contributed by atoms with Gasteiger partial charge in [0.2, 0.25) is 0 Å². The van der Waals surface area contributed by atoms with Gasteiger partial charge in [0.05, 0.1) is 12.7 Å². The second-order valence-electron chi connectivity index (χ2n) is 6.37. The average Bonchev–Trinajstić information content (AvgIpc) is 3.08. The number of carbonyl (C=O) groups excluding carboxylic acids is 3. The van der Waals surface area contributed by atoms with E-state index in [1.165, 1.54) is 13.2 Å². The number of hydrogen-bond donors (Lipinski definition) is 2. The Kier molecular flexibility index (Phi) is 7.14. The molecule has 150 valence electrons. The zero-order chi connectivity index (χ0) is 20.7. The van der Waals surface area contributed by atoms with Crippen molar-refractivity contribution in [3.05, 3.63) is 41.7 Å². The number of carbonyl (C=O) groups is 3. The number of nitrogens with one attached hydrogen (secondary N) is 2. The van der Waals surface area contributed by atoms with Gasteiger partial charge in [-0.2, -0.15) is 0 Å². The fraction of sp³-hybridized carbons (Fsp3) is 0.368. The first-order chi connectivity index (χ1) is 13.3. The van der Waals surface area contributed by atoms with Crippen LogP contribution in [0.25, 0.3) is 0 Å². The Hall–Kier alpha value is -3.36. The molecule has 1 heterocycles. The number of hydrogen-bond acceptors (Lipinski definition) is 7. The van der Waals surface area contributed by atoms with Crippen molar-refractivity contribution in [2.45, 2.75) is 26.8 Å². The van der Waals surface area contributed by atoms with Gasteiger partial charge in [-0.1, -0.05) is 31.1 Å². The van der Waals surface area contributed by atoms with Gasteiger partial charge in [0.15, 0.2) is 12.4 Å². The first-order valence-electron chi connectivity index (χ1n) is 8.65. The van der Waals surface area contributed by atoms with Gasteiger partial charge in [-0.15, -0.1) is 0 Å². The molecule has 28 heavy (non-hydrogen) atoms. The molecule has 0 radical (unpaired) electrons. The minimum Gasteiger partial charge on any atom is -0.496 e. The highest BCUT2D eigenvalue weighted by molar-refractivity contribution is 5.99. The van der Waals surface area contributed by atoms with Gasteiger partial charge in [-0.05, 0) is 25.0 Å². The van der Waals surface area contributed by atoms with Gasteiger partial charge in [0, 0.05) is 6.07 Å². The molecule has 0 aliphatic heterocycles. The zero-order valence-corrected chi connectivity index (χ0v) is 16.1. The smallest absolute Gasteiger partial charge is 0.329 e. The molecule has 1 atom stereocenters. The first-order valence-corrected chi connectivity index (χ1v) is 8.65. The molecule has 2 amide bonds. The summed E-state index contributed by atoms with van der Waals surface area (Å²) in [6.07, 6.45) is 0. The minimum atomic E-state index is -0.931. The molecule has 2 rings (SSSR count). The third-order valence-corrected chi connectivity index (χ3v) is 3.80. The highest BCUT2D eigenvalue weighted by Crippen LogP contribution is 2.18. The van der Waals surface area contributed by atoms with Gasteiger partial charge in [0.25, 0.3) is 11.8 Å². The zero-order valence-electron chi connectivity index (χ0n) is 16.1. The molecule has 0 saturated carbocycles. The number of ether oxygens (including phenoxy) is 2. The number of esters is 1. The van der Waals surface area contributed by atoms with E-state index in [9.17, 15) is 14.4 Å². The second kappa shape index (κ2) is 9.54. The van der Waals surface area contributed by atoms with Crippen LogP contribution in [0.2, 0.25) is 0 Å².